The number of nitrogens with one attached hydrogen (secondary N) is 2. The van der Waals surface area contributed by atoms with Gasteiger partial charge in [0.15, 0.2) is 0 Å². The summed E-state index contributed by atoms with van der Waals surface area (Å²) >= 11 is 0. The van der Waals surface area contributed by atoms with E-state index < -0.39 is 17.6 Å². The van der Waals surface area contributed by atoms with Crippen LogP contribution >= 0.6 is 0 Å². The van der Waals surface area contributed by atoms with Gasteiger partial charge in [0.05, 0.1) is 17.9 Å². The van der Waals surface area contributed by atoms with Crippen LogP contribution in [0.15, 0.2) is 60.9 Å². The van der Waals surface area contributed by atoms with Gasteiger partial charge in [0.25, 0.3) is 0 Å². The smallest absolute Gasteiger partial charge is 0.416 e. The van der Waals surface area contributed by atoms with Crippen LogP contribution in [0.5, 0.6) is 5.75 Å². The van der Waals surface area contributed by atoms with Gasteiger partial charge in [0.1, 0.15) is 18.2 Å². The topological polar surface area (TPSA) is 76.2 Å². The first-order valence-corrected chi connectivity index (χ1v) is 9.87. The van der Waals surface area contributed by atoms with Crippen LogP contribution in [0.2, 0.25) is 0 Å². The number of hydrogen-bond acceptors (Lipinski definition) is 4. The number of carbonyl (C=O) groups excluding carboxylic acids is 1. The van der Waals surface area contributed by atoms with E-state index in [9.17, 15) is 18.0 Å². The molecule has 0 aliphatic heterocycles. The first kappa shape index (κ1) is 23.1. The summed E-state index contributed by atoms with van der Waals surface area (Å²) in [7, 11) is 0. The Bertz CT molecular complexity index is 1050. The van der Waals surface area contributed by atoms with E-state index in [0.29, 0.717) is 42.6 Å². The molecule has 32 heavy (non-hydrogen) atoms. The summed E-state index contributed by atoms with van der Waals surface area (Å²) in [4.78, 5) is 19.7. The van der Waals surface area contributed by atoms with Crippen molar-refractivity contribution in [3.63, 3.8) is 0 Å². The van der Waals surface area contributed by atoms with E-state index in [4.69, 9.17) is 9.47 Å². The summed E-state index contributed by atoms with van der Waals surface area (Å²) in [5.41, 5.74) is 0.889. The molecule has 3 rings (SSSR count). The number of hydrogen-bond donors (Lipinski definition) is 2. The monoisotopic (exact) mass is 445 g/mol. The molecule has 0 spiro atoms. The number of halogens is 3. The molecule has 0 aliphatic carbocycles. The number of imidazole rings is 1. The number of aromatic nitrogens is 2. The second-order valence-corrected chi connectivity index (χ2v) is 6.64. The lowest BCUT2D eigenvalue weighted by molar-refractivity contribution is -0.137. The number of rotatable bonds is 9. The fourth-order valence-electron chi connectivity index (χ4n) is 2.81. The van der Waals surface area contributed by atoms with Crippen LogP contribution in [0.1, 0.15) is 18.1 Å². The second kappa shape index (κ2) is 10.6. The molecule has 0 aliphatic rings. The maximum atomic E-state index is 12.7. The third-order valence-corrected chi connectivity index (χ3v) is 4.36. The highest BCUT2D eigenvalue weighted by atomic mass is 19.4. The van der Waals surface area contributed by atoms with Crippen LogP contribution in [-0.4, -0.2) is 35.7 Å². The molecule has 0 radical (unpaired) electrons. The third-order valence-electron chi connectivity index (χ3n) is 4.36. The molecule has 2 N–H and O–H groups in total. The van der Waals surface area contributed by atoms with Gasteiger partial charge in [-0.2, -0.15) is 13.2 Å². The van der Waals surface area contributed by atoms with Gasteiger partial charge in [-0.15, -0.1) is 0 Å². The van der Waals surface area contributed by atoms with Crippen molar-refractivity contribution in [2.45, 2.75) is 13.1 Å². The number of aromatic amines is 1. The lowest BCUT2D eigenvalue weighted by Gasteiger charge is -2.13. The Labute approximate surface area is 183 Å². The molecule has 2 aromatic carbocycles. The highest BCUT2D eigenvalue weighted by Crippen LogP contribution is 2.30. The van der Waals surface area contributed by atoms with Crippen LogP contribution < -0.4 is 10.1 Å². The normalized spacial score (nSPS) is 11.6. The number of nitrogens with zero attached hydrogens (tertiary/aromatic N) is 1. The van der Waals surface area contributed by atoms with Crippen LogP contribution in [0.4, 0.5) is 18.9 Å². The van der Waals surface area contributed by atoms with Gasteiger partial charge >= 0.3 is 6.18 Å². The van der Waals surface area contributed by atoms with Crippen LogP contribution in [-0.2, 0) is 15.7 Å². The maximum absolute atomic E-state index is 12.7. The van der Waals surface area contributed by atoms with Crippen molar-refractivity contribution in [1.29, 1.82) is 0 Å². The van der Waals surface area contributed by atoms with E-state index in [-0.39, 0.29) is 0 Å². The Balaban J connectivity index is 1.73. The highest BCUT2D eigenvalue weighted by molar-refractivity contribution is 6.03. The molecule has 1 aromatic heterocycles. The Morgan fingerprint density at radius 2 is 1.94 bits per heavy atom. The summed E-state index contributed by atoms with van der Waals surface area (Å²) in [6, 6.07) is 9.78. The van der Waals surface area contributed by atoms with E-state index in [1.807, 2.05) is 13.0 Å². The summed E-state index contributed by atoms with van der Waals surface area (Å²) in [5, 5.41) is 2.75. The highest BCUT2D eigenvalue weighted by Gasteiger charge is 2.29. The van der Waals surface area contributed by atoms with Crippen molar-refractivity contribution in [3.05, 3.63) is 72.1 Å². The average Bonchev–Trinajstić information content (AvgIpc) is 3.31. The molecule has 6 nitrogen and oxygen atoms in total. The summed E-state index contributed by atoms with van der Waals surface area (Å²) in [5.74, 6) is 0.620. The number of amides is 1. The quantitative estimate of drug-likeness (QED) is 0.352. The van der Waals surface area contributed by atoms with E-state index in [2.05, 4.69) is 15.3 Å². The van der Waals surface area contributed by atoms with E-state index in [1.54, 1.807) is 24.5 Å². The SMILES string of the molecule is CCOCCOc1ccc(-c2ncc[nH]2)cc1NC(=O)/C=C/c1ccc(C(F)(F)F)cc1. The molecular formula is C23H22F3N3O3. The number of carbonyl (C=O) groups is 1. The average molecular weight is 445 g/mol. The van der Waals surface area contributed by atoms with Gasteiger partial charge in [-0.1, -0.05) is 12.1 Å². The van der Waals surface area contributed by atoms with Crippen molar-refractivity contribution in [2.24, 2.45) is 0 Å². The van der Waals surface area contributed by atoms with Gasteiger partial charge in [0.2, 0.25) is 5.91 Å². The number of benzene rings is 2. The predicted octanol–water partition coefficient (Wildman–Crippen LogP) is 5.16. The molecule has 0 atom stereocenters. The van der Waals surface area contributed by atoms with Crippen LogP contribution in [0, 0.1) is 0 Å². The largest absolute Gasteiger partial charge is 0.489 e. The van der Waals surface area contributed by atoms with Crippen molar-refractivity contribution in [1.82, 2.24) is 9.97 Å². The minimum absolute atomic E-state index is 0.304. The van der Waals surface area contributed by atoms with Crippen molar-refractivity contribution in [3.8, 4) is 17.1 Å². The molecule has 0 fully saturated rings. The molecule has 0 unspecified atom stereocenters. The summed E-state index contributed by atoms with van der Waals surface area (Å²) < 4.78 is 49.0. The summed E-state index contributed by atoms with van der Waals surface area (Å²) in [6.45, 7) is 3.15. The van der Waals surface area contributed by atoms with Crippen molar-refractivity contribution >= 4 is 17.7 Å². The number of alkyl halides is 3. The van der Waals surface area contributed by atoms with Gasteiger partial charge in [0, 0.05) is 30.6 Å². The summed E-state index contributed by atoms with van der Waals surface area (Å²) in [6.07, 6.45) is 1.57. The van der Waals surface area contributed by atoms with Crippen molar-refractivity contribution < 1.29 is 27.4 Å². The molecule has 0 saturated heterocycles. The zero-order chi connectivity index (χ0) is 23.0. The first-order valence-electron chi connectivity index (χ1n) is 9.87. The lowest BCUT2D eigenvalue weighted by Crippen LogP contribution is -2.12. The maximum Gasteiger partial charge on any atom is 0.416 e. The molecule has 168 valence electrons. The van der Waals surface area contributed by atoms with Gasteiger partial charge in [-0.3, -0.25) is 4.79 Å². The molecule has 9 heteroatoms. The van der Waals surface area contributed by atoms with E-state index in [1.165, 1.54) is 24.3 Å². The molecule has 3 aromatic rings. The Morgan fingerprint density at radius 3 is 2.59 bits per heavy atom. The minimum Gasteiger partial charge on any atom is -0.489 e. The van der Waals surface area contributed by atoms with Gasteiger partial charge in [-0.05, 0) is 48.9 Å². The molecule has 0 bridgehead atoms. The lowest BCUT2D eigenvalue weighted by atomic mass is 10.1. The van der Waals surface area contributed by atoms with Gasteiger partial charge in [-0.25, -0.2) is 4.98 Å². The van der Waals surface area contributed by atoms with Crippen LogP contribution in [0.3, 0.4) is 0 Å². The zero-order valence-electron chi connectivity index (χ0n) is 17.3. The molecule has 0 saturated carbocycles. The molecular weight excluding hydrogens is 423 g/mol. The van der Waals surface area contributed by atoms with E-state index in [0.717, 1.165) is 17.7 Å². The minimum atomic E-state index is -4.41. The number of ether oxygens (including phenoxy) is 2. The molecule has 1 amide bonds. The fraction of sp³-hybridized carbons (Fsp3) is 0.217. The first-order chi connectivity index (χ1) is 15.4. The second-order valence-electron chi connectivity index (χ2n) is 6.64. The molecule has 1 heterocycles. The Morgan fingerprint density at radius 1 is 1.16 bits per heavy atom. The fourth-order valence-corrected chi connectivity index (χ4v) is 2.81. The number of anilines is 1. The Hall–Kier alpha value is -3.59. The van der Waals surface area contributed by atoms with Crippen molar-refractivity contribution in [2.75, 3.05) is 25.1 Å². The standard InChI is InChI=1S/C23H22F3N3O3/c1-2-31-13-14-32-20-9-6-17(22-27-11-12-28-22)15-19(20)29-21(30)10-5-16-3-7-18(8-4-16)23(24,25)26/h3-12,15H,2,13-14H2,1H3,(H,27,28)(H,29,30)/b10-5+. The number of H-pyrrole nitrogens is 1. The van der Waals surface area contributed by atoms with Gasteiger partial charge < -0.3 is 19.8 Å². The Kier molecular flexibility index (Phi) is 7.67. The predicted molar refractivity (Wildman–Crippen MR) is 115 cm³/mol. The van der Waals surface area contributed by atoms with Crippen LogP contribution in [0.25, 0.3) is 17.5 Å². The zero-order valence-corrected chi connectivity index (χ0v) is 17.3. The van der Waals surface area contributed by atoms with E-state index >= 15 is 0 Å². The third kappa shape index (κ3) is 6.45.